The molecule has 0 aromatic rings. The molecule has 0 atom stereocenters. The lowest BCUT2D eigenvalue weighted by Gasteiger charge is -1.94. The van der Waals surface area contributed by atoms with E-state index in [1.165, 1.54) is 6.92 Å². The normalized spacial score (nSPS) is 8.29. The first-order valence-corrected chi connectivity index (χ1v) is 1.76. The summed E-state index contributed by atoms with van der Waals surface area (Å²) in [4.78, 5) is 13.9. The SMILES string of the molecule is CC(=O)NOCO. The summed E-state index contributed by atoms with van der Waals surface area (Å²) in [6.07, 6.45) is 0. The summed E-state index contributed by atoms with van der Waals surface area (Å²) >= 11 is 0. The van der Waals surface area contributed by atoms with Gasteiger partial charge in [-0.1, -0.05) is 0 Å². The van der Waals surface area contributed by atoms with Gasteiger partial charge in [0.1, 0.15) is 0 Å². The minimum absolute atomic E-state index is 0.325. The average Bonchev–Trinajstić information content (AvgIpc) is 1.61. The molecule has 7 heavy (non-hydrogen) atoms. The summed E-state index contributed by atoms with van der Waals surface area (Å²) in [6, 6.07) is 0. The van der Waals surface area contributed by atoms with E-state index >= 15 is 0 Å². The third-order valence-corrected chi connectivity index (χ3v) is 0.280. The number of hydroxylamine groups is 1. The van der Waals surface area contributed by atoms with E-state index in [1.54, 1.807) is 0 Å². The molecule has 0 aromatic carbocycles. The highest BCUT2D eigenvalue weighted by atomic mass is 16.7. The average molecular weight is 105 g/mol. The molecule has 2 N–H and O–H groups in total. The molecule has 0 spiro atoms. The summed E-state index contributed by atoms with van der Waals surface area (Å²) in [7, 11) is 0. The Morgan fingerprint density at radius 1 is 2.00 bits per heavy atom. The van der Waals surface area contributed by atoms with Crippen molar-refractivity contribution < 1.29 is 14.7 Å². The molecule has 0 heterocycles. The first-order valence-electron chi connectivity index (χ1n) is 1.76. The Hall–Kier alpha value is -0.610. The molecular weight excluding hydrogens is 98.0 g/mol. The number of carbonyl (C=O) groups excluding carboxylic acids is 1. The summed E-state index contributed by atoms with van der Waals surface area (Å²) < 4.78 is 0. The van der Waals surface area contributed by atoms with Crippen molar-refractivity contribution >= 4 is 5.91 Å². The number of rotatable bonds is 2. The summed E-state index contributed by atoms with van der Waals surface area (Å²) in [6.45, 7) is 0.801. The zero-order valence-corrected chi connectivity index (χ0v) is 3.97. The van der Waals surface area contributed by atoms with Crippen LogP contribution in [-0.2, 0) is 9.63 Å². The maximum absolute atomic E-state index is 9.86. The fraction of sp³-hybridized carbons (Fsp3) is 0.667. The van der Waals surface area contributed by atoms with Crippen molar-refractivity contribution in [1.82, 2.24) is 5.48 Å². The molecule has 0 bridgehead atoms. The standard InChI is InChI=1S/C3H7NO3/c1-3(6)4-7-2-5/h5H,2H2,1H3,(H,4,6). The molecule has 0 radical (unpaired) electrons. The van der Waals surface area contributed by atoms with E-state index in [9.17, 15) is 4.79 Å². The van der Waals surface area contributed by atoms with E-state index in [2.05, 4.69) is 4.84 Å². The molecule has 0 aliphatic rings. The molecule has 0 saturated carbocycles. The lowest BCUT2D eigenvalue weighted by atomic mass is 10.8. The van der Waals surface area contributed by atoms with Crippen LogP contribution in [0.4, 0.5) is 0 Å². The van der Waals surface area contributed by atoms with Crippen LogP contribution in [0.2, 0.25) is 0 Å². The maximum Gasteiger partial charge on any atom is 0.240 e. The number of hydrogen-bond donors (Lipinski definition) is 2. The van der Waals surface area contributed by atoms with Crippen LogP contribution >= 0.6 is 0 Å². The number of nitrogens with one attached hydrogen (secondary N) is 1. The van der Waals surface area contributed by atoms with Crippen molar-refractivity contribution in [1.29, 1.82) is 0 Å². The van der Waals surface area contributed by atoms with E-state index in [-0.39, 0.29) is 5.91 Å². The fourth-order valence-corrected chi connectivity index (χ4v) is 0.134. The molecule has 4 nitrogen and oxygen atoms in total. The number of hydrogen-bond acceptors (Lipinski definition) is 3. The Labute approximate surface area is 41.0 Å². The lowest BCUT2D eigenvalue weighted by Crippen LogP contribution is -2.20. The van der Waals surface area contributed by atoms with Gasteiger partial charge >= 0.3 is 0 Å². The van der Waals surface area contributed by atoms with Gasteiger partial charge in [-0.2, -0.15) is 0 Å². The second-order valence-corrected chi connectivity index (χ2v) is 0.932. The van der Waals surface area contributed by atoms with Crippen molar-refractivity contribution in [2.24, 2.45) is 0 Å². The van der Waals surface area contributed by atoms with Crippen LogP contribution in [0.5, 0.6) is 0 Å². The van der Waals surface area contributed by atoms with Gasteiger partial charge in [0.05, 0.1) is 0 Å². The van der Waals surface area contributed by atoms with Crippen LogP contribution < -0.4 is 5.48 Å². The third kappa shape index (κ3) is 5.39. The van der Waals surface area contributed by atoms with Crippen LogP contribution in [0.3, 0.4) is 0 Å². The van der Waals surface area contributed by atoms with Crippen molar-refractivity contribution in [3.63, 3.8) is 0 Å². The molecule has 0 saturated heterocycles. The Morgan fingerprint density at radius 3 is 2.71 bits per heavy atom. The molecule has 1 amide bonds. The largest absolute Gasteiger partial charge is 0.368 e. The Balaban J connectivity index is 2.82. The summed E-state index contributed by atoms with van der Waals surface area (Å²) in [5, 5.41) is 7.88. The monoisotopic (exact) mass is 105 g/mol. The van der Waals surface area contributed by atoms with E-state index in [4.69, 9.17) is 5.11 Å². The Bertz CT molecular complexity index is 63.2. The number of aliphatic hydroxyl groups excluding tert-OH is 1. The third-order valence-electron chi connectivity index (χ3n) is 0.280. The second-order valence-electron chi connectivity index (χ2n) is 0.932. The van der Waals surface area contributed by atoms with Gasteiger partial charge in [-0.3, -0.25) is 4.79 Å². The van der Waals surface area contributed by atoms with E-state index in [0.29, 0.717) is 0 Å². The summed E-state index contributed by atoms with van der Waals surface area (Å²) in [5.41, 5.74) is 1.91. The minimum Gasteiger partial charge on any atom is -0.368 e. The van der Waals surface area contributed by atoms with E-state index in [0.717, 1.165) is 0 Å². The van der Waals surface area contributed by atoms with Gasteiger partial charge < -0.3 is 5.11 Å². The van der Waals surface area contributed by atoms with E-state index < -0.39 is 6.79 Å². The molecular formula is C3H7NO3. The quantitative estimate of drug-likeness (QED) is 0.350. The zero-order chi connectivity index (χ0) is 5.70. The molecule has 0 aliphatic heterocycles. The van der Waals surface area contributed by atoms with E-state index in [1.807, 2.05) is 5.48 Å². The van der Waals surface area contributed by atoms with Gasteiger partial charge in [-0.15, -0.1) is 0 Å². The molecule has 0 fully saturated rings. The smallest absolute Gasteiger partial charge is 0.240 e. The highest BCUT2D eigenvalue weighted by Crippen LogP contribution is 1.59. The predicted molar refractivity (Wildman–Crippen MR) is 22.0 cm³/mol. The lowest BCUT2D eigenvalue weighted by molar-refractivity contribution is -0.139. The van der Waals surface area contributed by atoms with Gasteiger partial charge in [0.2, 0.25) is 5.91 Å². The van der Waals surface area contributed by atoms with Gasteiger partial charge in [0.25, 0.3) is 0 Å². The number of amides is 1. The predicted octanol–water partition coefficient (Wildman–Crippen LogP) is -0.996. The van der Waals surface area contributed by atoms with Crippen LogP contribution in [0.1, 0.15) is 6.92 Å². The first-order chi connectivity index (χ1) is 3.27. The number of aliphatic hydroxyl groups is 1. The first kappa shape index (κ1) is 6.39. The molecule has 4 heteroatoms. The van der Waals surface area contributed by atoms with Crippen molar-refractivity contribution in [3.8, 4) is 0 Å². The number of carbonyl (C=O) groups is 1. The van der Waals surface area contributed by atoms with Crippen molar-refractivity contribution in [2.45, 2.75) is 6.92 Å². The van der Waals surface area contributed by atoms with Crippen molar-refractivity contribution in [2.75, 3.05) is 6.79 Å². The maximum atomic E-state index is 9.86. The molecule has 0 rings (SSSR count). The van der Waals surface area contributed by atoms with Crippen LogP contribution in [-0.4, -0.2) is 17.8 Å². The van der Waals surface area contributed by atoms with Crippen LogP contribution in [0.15, 0.2) is 0 Å². The zero-order valence-electron chi connectivity index (χ0n) is 3.97. The fourth-order valence-electron chi connectivity index (χ4n) is 0.134. The second kappa shape index (κ2) is 3.58. The van der Waals surface area contributed by atoms with Crippen molar-refractivity contribution in [3.05, 3.63) is 0 Å². The van der Waals surface area contributed by atoms with Gasteiger partial charge in [-0.25, -0.2) is 10.3 Å². The van der Waals surface area contributed by atoms with Crippen LogP contribution in [0, 0.1) is 0 Å². The molecule has 0 unspecified atom stereocenters. The highest BCUT2D eigenvalue weighted by molar-refractivity contribution is 5.71. The molecule has 0 aliphatic carbocycles. The summed E-state index contributed by atoms with van der Waals surface area (Å²) in [5.74, 6) is -0.325. The molecule has 42 valence electrons. The van der Waals surface area contributed by atoms with Crippen LogP contribution in [0.25, 0.3) is 0 Å². The van der Waals surface area contributed by atoms with Gasteiger partial charge in [0.15, 0.2) is 6.79 Å². The van der Waals surface area contributed by atoms with Gasteiger partial charge in [-0.05, 0) is 0 Å². The minimum atomic E-state index is -0.487. The Kier molecular flexibility index (Phi) is 3.26. The van der Waals surface area contributed by atoms with Gasteiger partial charge in [0, 0.05) is 6.92 Å². The Morgan fingerprint density at radius 2 is 2.57 bits per heavy atom. The highest BCUT2D eigenvalue weighted by Gasteiger charge is 1.83. The molecule has 0 aromatic heterocycles. The topological polar surface area (TPSA) is 58.6 Å².